The number of hydrogen-bond acceptors (Lipinski definition) is 4. The first-order valence-electron chi connectivity index (χ1n) is 6.42. The van der Waals surface area contributed by atoms with Crippen molar-refractivity contribution in [1.82, 2.24) is 9.88 Å². The standard InChI is InChI=1S/C13H23N3S/c1-8-7-16(6-5-12(8)14)10(3)13-9(2)15-11(4)17-13/h8,10,12H,5-7,14H2,1-4H3. The zero-order chi connectivity index (χ0) is 12.6. The number of piperidine rings is 1. The average molecular weight is 253 g/mol. The van der Waals surface area contributed by atoms with E-state index in [4.69, 9.17) is 5.73 Å². The van der Waals surface area contributed by atoms with E-state index < -0.39 is 0 Å². The van der Waals surface area contributed by atoms with Crippen molar-refractivity contribution in [3.05, 3.63) is 15.6 Å². The van der Waals surface area contributed by atoms with Gasteiger partial charge in [-0.15, -0.1) is 11.3 Å². The van der Waals surface area contributed by atoms with Crippen molar-refractivity contribution in [2.45, 2.75) is 46.2 Å². The van der Waals surface area contributed by atoms with Gasteiger partial charge in [-0.3, -0.25) is 4.90 Å². The van der Waals surface area contributed by atoms with E-state index >= 15 is 0 Å². The molecule has 1 saturated heterocycles. The van der Waals surface area contributed by atoms with Gasteiger partial charge in [-0.25, -0.2) is 4.98 Å². The summed E-state index contributed by atoms with van der Waals surface area (Å²) in [7, 11) is 0. The Bertz CT molecular complexity index is 388. The molecule has 1 aliphatic rings. The maximum Gasteiger partial charge on any atom is 0.0900 e. The summed E-state index contributed by atoms with van der Waals surface area (Å²) >= 11 is 1.83. The van der Waals surface area contributed by atoms with Crippen LogP contribution in [0.3, 0.4) is 0 Å². The van der Waals surface area contributed by atoms with Gasteiger partial charge < -0.3 is 5.73 Å². The van der Waals surface area contributed by atoms with Crippen molar-refractivity contribution < 1.29 is 0 Å². The third kappa shape index (κ3) is 2.69. The molecule has 1 aromatic heterocycles. The molecule has 0 spiro atoms. The van der Waals surface area contributed by atoms with Gasteiger partial charge in [0.05, 0.1) is 10.7 Å². The maximum absolute atomic E-state index is 6.08. The normalized spacial score (nSPS) is 28.3. The Balaban J connectivity index is 2.10. The van der Waals surface area contributed by atoms with E-state index in [1.165, 1.54) is 15.6 Å². The van der Waals surface area contributed by atoms with Crippen LogP contribution >= 0.6 is 11.3 Å². The first kappa shape index (κ1) is 13.0. The van der Waals surface area contributed by atoms with Crippen LogP contribution in [0.1, 0.15) is 41.9 Å². The fourth-order valence-corrected chi connectivity index (χ4v) is 3.66. The zero-order valence-corrected chi connectivity index (χ0v) is 12.0. The van der Waals surface area contributed by atoms with Gasteiger partial charge in [-0.2, -0.15) is 0 Å². The van der Waals surface area contributed by atoms with E-state index in [9.17, 15) is 0 Å². The highest BCUT2D eigenvalue weighted by Crippen LogP contribution is 2.31. The molecule has 2 heterocycles. The van der Waals surface area contributed by atoms with Gasteiger partial charge in [0.15, 0.2) is 0 Å². The van der Waals surface area contributed by atoms with Crippen molar-refractivity contribution >= 4 is 11.3 Å². The van der Waals surface area contributed by atoms with Crippen molar-refractivity contribution in [3.8, 4) is 0 Å². The van der Waals surface area contributed by atoms with Crippen LogP contribution in [0, 0.1) is 19.8 Å². The molecular formula is C13H23N3S. The molecule has 0 bridgehead atoms. The molecule has 0 aromatic carbocycles. The molecule has 2 N–H and O–H groups in total. The van der Waals surface area contributed by atoms with Gasteiger partial charge in [-0.1, -0.05) is 6.92 Å². The fraction of sp³-hybridized carbons (Fsp3) is 0.769. The summed E-state index contributed by atoms with van der Waals surface area (Å²) < 4.78 is 0. The van der Waals surface area contributed by atoms with Crippen LogP contribution in [0.15, 0.2) is 0 Å². The fourth-order valence-electron chi connectivity index (χ4n) is 2.65. The number of thiazole rings is 1. The van der Waals surface area contributed by atoms with Gasteiger partial charge in [0.25, 0.3) is 0 Å². The molecule has 96 valence electrons. The second-order valence-electron chi connectivity index (χ2n) is 5.28. The van der Waals surface area contributed by atoms with E-state index in [0.29, 0.717) is 18.0 Å². The SMILES string of the molecule is Cc1nc(C)c(C(C)N2CCC(N)C(C)C2)s1. The highest BCUT2D eigenvalue weighted by molar-refractivity contribution is 7.11. The van der Waals surface area contributed by atoms with E-state index in [1.807, 2.05) is 11.3 Å². The minimum absolute atomic E-state index is 0.378. The lowest BCUT2D eigenvalue weighted by Gasteiger charge is -2.38. The molecule has 0 amide bonds. The molecule has 4 heteroatoms. The van der Waals surface area contributed by atoms with Gasteiger partial charge in [-0.05, 0) is 33.1 Å². The Morgan fingerprint density at radius 2 is 2.18 bits per heavy atom. The summed E-state index contributed by atoms with van der Waals surface area (Å²) in [5, 5.41) is 1.17. The van der Waals surface area contributed by atoms with Gasteiger partial charge in [0, 0.05) is 30.1 Å². The third-order valence-corrected chi connectivity index (χ3v) is 5.11. The highest BCUT2D eigenvalue weighted by atomic mass is 32.1. The molecule has 1 aromatic rings. The summed E-state index contributed by atoms with van der Waals surface area (Å²) in [5.74, 6) is 0.598. The summed E-state index contributed by atoms with van der Waals surface area (Å²) in [6.07, 6.45) is 1.11. The molecular weight excluding hydrogens is 230 g/mol. The minimum Gasteiger partial charge on any atom is -0.327 e. The second kappa shape index (κ2) is 5.04. The maximum atomic E-state index is 6.08. The zero-order valence-electron chi connectivity index (χ0n) is 11.2. The number of nitrogens with two attached hydrogens (primary N) is 1. The largest absolute Gasteiger partial charge is 0.327 e. The van der Waals surface area contributed by atoms with Crippen LogP contribution in [0.5, 0.6) is 0 Å². The number of aromatic nitrogens is 1. The molecule has 0 aliphatic carbocycles. The van der Waals surface area contributed by atoms with Crippen LogP contribution in [0.4, 0.5) is 0 Å². The molecule has 1 aliphatic heterocycles. The Morgan fingerprint density at radius 1 is 1.47 bits per heavy atom. The molecule has 3 unspecified atom stereocenters. The van der Waals surface area contributed by atoms with E-state index in [0.717, 1.165) is 19.5 Å². The quantitative estimate of drug-likeness (QED) is 0.880. The lowest BCUT2D eigenvalue weighted by molar-refractivity contribution is 0.125. The molecule has 3 nitrogen and oxygen atoms in total. The Morgan fingerprint density at radius 3 is 2.71 bits per heavy atom. The highest BCUT2D eigenvalue weighted by Gasteiger charge is 2.28. The summed E-state index contributed by atoms with van der Waals surface area (Å²) in [4.78, 5) is 8.50. The topological polar surface area (TPSA) is 42.2 Å². The molecule has 17 heavy (non-hydrogen) atoms. The monoisotopic (exact) mass is 253 g/mol. The van der Waals surface area contributed by atoms with Crippen LogP contribution in [0.2, 0.25) is 0 Å². The van der Waals surface area contributed by atoms with Crippen LogP contribution < -0.4 is 5.73 Å². The smallest absolute Gasteiger partial charge is 0.0900 e. The Kier molecular flexibility index (Phi) is 3.85. The van der Waals surface area contributed by atoms with Crippen molar-refractivity contribution in [3.63, 3.8) is 0 Å². The van der Waals surface area contributed by atoms with Crippen molar-refractivity contribution in [2.24, 2.45) is 11.7 Å². The second-order valence-corrected chi connectivity index (χ2v) is 6.52. The first-order chi connectivity index (χ1) is 7.99. The average Bonchev–Trinajstić information content (AvgIpc) is 2.61. The Labute approximate surface area is 108 Å². The predicted molar refractivity (Wildman–Crippen MR) is 73.3 cm³/mol. The van der Waals surface area contributed by atoms with Crippen molar-refractivity contribution in [1.29, 1.82) is 0 Å². The van der Waals surface area contributed by atoms with E-state index in [2.05, 4.69) is 37.6 Å². The van der Waals surface area contributed by atoms with Crippen LogP contribution in [0.25, 0.3) is 0 Å². The van der Waals surface area contributed by atoms with E-state index in [1.54, 1.807) is 0 Å². The number of aryl methyl sites for hydroxylation is 2. The number of likely N-dealkylation sites (tertiary alicyclic amines) is 1. The predicted octanol–water partition coefficient (Wildman–Crippen LogP) is 2.49. The summed E-state index contributed by atoms with van der Waals surface area (Å²) in [6.45, 7) is 11.0. The lowest BCUT2D eigenvalue weighted by atomic mass is 9.93. The minimum atomic E-state index is 0.378. The number of rotatable bonds is 2. The summed E-state index contributed by atoms with van der Waals surface area (Å²) in [6, 6.07) is 0.860. The van der Waals surface area contributed by atoms with Crippen LogP contribution in [-0.4, -0.2) is 29.0 Å². The molecule has 2 rings (SSSR count). The third-order valence-electron chi connectivity index (χ3n) is 3.87. The van der Waals surface area contributed by atoms with Crippen molar-refractivity contribution in [2.75, 3.05) is 13.1 Å². The molecule has 0 saturated carbocycles. The first-order valence-corrected chi connectivity index (χ1v) is 7.24. The Hall–Kier alpha value is -0.450. The van der Waals surface area contributed by atoms with Gasteiger partial charge >= 0.3 is 0 Å². The molecule has 0 radical (unpaired) electrons. The molecule has 3 atom stereocenters. The number of hydrogen-bond donors (Lipinski definition) is 1. The van der Waals surface area contributed by atoms with E-state index in [-0.39, 0.29) is 0 Å². The summed E-state index contributed by atoms with van der Waals surface area (Å²) in [5.41, 5.74) is 7.27. The van der Waals surface area contributed by atoms with Gasteiger partial charge in [0.1, 0.15) is 0 Å². The number of nitrogens with zero attached hydrogens (tertiary/aromatic N) is 2. The molecule has 1 fully saturated rings. The lowest BCUT2D eigenvalue weighted by Crippen LogP contribution is -2.46. The van der Waals surface area contributed by atoms with Crippen LogP contribution in [-0.2, 0) is 0 Å². The van der Waals surface area contributed by atoms with Gasteiger partial charge in [0.2, 0.25) is 0 Å².